The Morgan fingerprint density at radius 2 is 2.24 bits per heavy atom. The molecule has 7 heteroatoms. The molecule has 112 valence electrons. The largest absolute Gasteiger partial charge is 0.492 e. The van der Waals surface area contributed by atoms with E-state index in [0.717, 1.165) is 17.7 Å². The molecule has 2 aromatic rings. The van der Waals surface area contributed by atoms with E-state index in [1.54, 1.807) is 0 Å². The third kappa shape index (κ3) is 4.99. The van der Waals surface area contributed by atoms with Gasteiger partial charge in [0.2, 0.25) is 0 Å². The number of nitrogens with zero attached hydrogens (tertiary/aromatic N) is 1. The lowest BCUT2D eigenvalue weighted by molar-refractivity contribution is 0.319. The molecule has 0 aliphatic heterocycles. The van der Waals surface area contributed by atoms with Crippen LogP contribution in [0.5, 0.6) is 5.75 Å². The van der Waals surface area contributed by atoms with E-state index in [9.17, 15) is 4.79 Å². The predicted molar refractivity (Wildman–Crippen MR) is 86.3 cm³/mol. The highest BCUT2D eigenvalue weighted by Crippen LogP contribution is 2.25. The third-order valence-electron chi connectivity index (χ3n) is 2.61. The summed E-state index contributed by atoms with van der Waals surface area (Å²) >= 11 is 7.51. The van der Waals surface area contributed by atoms with Crippen LogP contribution in [0.3, 0.4) is 0 Å². The van der Waals surface area contributed by atoms with Gasteiger partial charge in [-0.15, -0.1) is 0 Å². The van der Waals surface area contributed by atoms with Crippen molar-refractivity contribution in [2.24, 2.45) is 0 Å². The maximum Gasteiger partial charge on any atom is 0.253 e. The Bertz CT molecular complexity index is 676. The molecular formula is C14H16ClN3O2S. The average molecular weight is 326 g/mol. The summed E-state index contributed by atoms with van der Waals surface area (Å²) in [6.07, 6.45) is 0.799. The fourth-order valence-corrected chi connectivity index (χ4v) is 2.74. The van der Waals surface area contributed by atoms with Crippen molar-refractivity contribution in [3.8, 4) is 5.75 Å². The van der Waals surface area contributed by atoms with Gasteiger partial charge in [0.15, 0.2) is 5.16 Å². The molecule has 1 aromatic heterocycles. The summed E-state index contributed by atoms with van der Waals surface area (Å²) in [6, 6.07) is 6.94. The number of hydrogen-bond acceptors (Lipinski definition) is 5. The highest BCUT2D eigenvalue weighted by molar-refractivity contribution is 7.99. The second-order valence-electron chi connectivity index (χ2n) is 4.46. The zero-order chi connectivity index (χ0) is 15.2. The van der Waals surface area contributed by atoms with E-state index >= 15 is 0 Å². The minimum absolute atomic E-state index is 0.226. The Morgan fingerprint density at radius 3 is 2.95 bits per heavy atom. The quantitative estimate of drug-likeness (QED) is 0.485. The summed E-state index contributed by atoms with van der Waals surface area (Å²) in [7, 11) is 0. The molecule has 1 aromatic carbocycles. The molecule has 0 fully saturated rings. The van der Waals surface area contributed by atoms with Gasteiger partial charge in [0.05, 0.1) is 11.6 Å². The number of benzene rings is 1. The first kappa shape index (κ1) is 15.7. The van der Waals surface area contributed by atoms with E-state index in [4.69, 9.17) is 22.1 Å². The number of ether oxygens (including phenoxy) is 1. The molecule has 2 rings (SSSR count). The molecule has 3 N–H and O–H groups in total. The first-order valence-corrected chi connectivity index (χ1v) is 7.79. The van der Waals surface area contributed by atoms with Crippen molar-refractivity contribution in [1.29, 1.82) is 0 Å². The van der Waals surface area contributed by atoms with Crippen molar-refractivity contribution in [2.45, 2.75) is 18.5 Å². The molecular weight excluding hydrogens is 310 g/mol. The monoisotopic (exact) mass is 325 g/mol. The fraction of sp³-hybridized carbons (Fsp3) is 0.286. The van der Waals surface area contributed by atoms with Gasteiger partial charge in [-0.25, -0.2) is 4.98 Å². The van der Waals surface area contributed by atoms with Crippen LogP contribution in [0.25, 0.3) is 0 Å². The summed E-state index contributed by atoms with van der Waals surface area (Å²) in [6.45, 7) is 2.52. The van der Waals surface area contributed by atoms with E-state index in [2.05, 4.69) is 9.97 Å². The molecule has 0 amide bonds. The molecule has 0 radical (unpaired) electrons. The lowest BCUT2D eigenvalue weighted by Crippen LogP contribution is -2.09. The minimum Gasteiger partial charge on any atom is -0.492 e. The molecule has 0 saturated carbocycles. The molecule has 1 heterocycles. The van der Waals surface area contributed by atoms with Gasteiger partial charge in [-0.05, 0) is 31.0 Å². The molecule has 0 unspecified atom stereocenters. The number of rotatable bonds is 6. The van der Waals surface area contributed by atoms with Crippen molar-refractivity contribution in [2.75, 3.05) is 18.1 Å². The first-order chi connectivity index (χ1) is 10.0. The number of H-pyrrole nitrogens is 1. The SMILES string of the molecule is Cc1ccc(OCCCSc2nc(N)cc(=O)[nH]2)c(Cl)c1. The zero-order valence-electron chi connectivity index (χ0n) is 11.6. The van der Waals surface area contributed by atoms with E-state index < -0.39 is 0 Å². The van der Waals surface area contributed by atoms with Gasteiger partial charge in [-0.1, -0.05) is 29.4 Å². The van der Waals surface area contributed by atoms with Crippen molar-refractivity contribution in [3.05, 3.63) is 45.2 Å². The standard InChI is InChI=1S/C14H16ClN3O2S/c1-9-3-4-11(10(15)7-9)20-5-2-6-21-14-17-12(16)8-13(19)18-14/h3-4,7-8H,2,5-6H2,1H3,(H3,16,17,18,19). The topological polar surface area (TPSA) is 81.0 Å². The van der Waals surface area contributed by atoms with Crippen molar-refractivity contribution in [3.63, 3.8) is 0 Å². The second-order valence-corrected chi connectivity index (χ2v) is 5.95. The summed E-state index contributed by atoms with van der Waals surface area (Å²) in [4.78, 5) is 17.9. The van der Waals surface area contributed by atoms with Crippen LogP contribution < -0.4 is 16.0 Å². The van der Waals surface area contributed by atoms with Crippen LogP contribution in [0.4, 0.5) is 5.82 Å². The van der Waals surface area contributed by atoms with Gasteiger partial charge in [-0.3, -0.25) is 4.79 Å². The van der Waals surface area contributed by atoms with Gasteiger partial charge in [0, 0.05) is 11.8 Å². The van der Waals surface area contributed by atoms with E-state index in [-0.39, 0.29) is 11.4 Å². The Labute approximate surface area is 131 Å². The van der Waals surface area contributed by atoms with E-state index in [0.29, 0.717) is 22.5 Å². The number of halogens is 1. The van der Waals surface area contributed by atoms with Gasteiger partial charge in [-0.2, -0.15) is 0 Å². The fourth-order valence-electron chi connectivity index (χ4n) is 1.65. The van der Waals surface area contributed by atoms with Gasteiger partial charge >= 0.3 is 0 Å². The summed E-state index contributed by atoms with van der Waals surface area (Å²) in [5.74, 6) is 1.67. The Morgan fingerprint density at radius 1 is 1.43 bits per heavy atom. The number of aromatic amines is 1. The smallest absolute Gasteiger partial charge is 0.253 e. The molecule has 0 aliphatic carbocycles. The number of aromatic nitrogens is 2. The number of nitrogens with one attached hydrogen (secondary N) is 1. The first-order valence-electron chi connectivity index (χ1n) is 6.43. The number of nitrogens with two attached hydrogens (primary N) is 1. The normalized spacial score (nSPS) is 10.6. The Balaban J connectivity index is 1.76. The third-order valence-corrected chi connectivity index (χ3v) is 3.87. The summed E-state index contributed by atoms with van der Waals surface area (Å²) < 4.78 is 5.61. The van der Waals surface area contributed by atoms with Crippen LogP contribution >= 0.6 is 23.4 Å². The molecule has 0 aliphatic rings. The molecule has 5 nitrogen and oxygen atoms in total. The van der Waals surface area contributed by atoms with Gasteiger partial charge in [0.25, 0.3) is 5.56 Å². The Hall–Kier alpha value is -1.66. The summed E-state index contributed by atoms with van der Waals surface area (Å²) in [5.41, 5.74) is 6.36. The minimum atomic E-state index is -0.243. The van der Waals surface area contributed by atoms with Crippen LogP contribution in [-0.2, 0) is 0 Å². The van der Waals surface area contributed by atoms with Crippen LogP contribution in [0.2, 0.25) is 5.02 Å². The van der Waals surface area contributed by atoms with Crippen LogP contribution in [0.15, 0.2) is 34.2 Å². The van der Waals surface area contributed by atoms with Crippen molar-refractivity contribution in [1.82, 2.24) is 9.97 Å². The molecule has 0 atom stereocenters. The predicted octanol–water partition coefficient (Wildman–Crippen LogP) is 2.88. The van der Waals surface area contributed by atoms with Crippen LogP contribution in [-0.4, -0.2) is 22.3 Å². The Kier molecular flexibility index (Phi) is 5.52. The van der Waals surface area contributed by atoms with Gasteiger partial charge in [0.1, 0.15) is 11.6 Å². The summed E-state index contributed by atoms with van der Waals surface area (Å²) in [5, 5.41) is 1.14. The van der Waals surface area contributed by atoms with Crippen molar-refractivity contribution >= 4 is 29.2 Å². The highest BCUT2D eigenvalue weighted by Gasteiger charge is 2.02. The number of nitrogen functional groups attached to an aromatic ring is 1. The average Bonchev–Trinajstić information content (AvgIpc) is 2.39. The van der Waals surface area contributed by atoms with Crippen LogP contribution in [0.1, 0.15) is 12.0 Å². The number of thioether (sulfide) groups is 1. The number of anilines is 1. The van der Waals surface area contributed by atoms with E-state index in [1.807, 2.05) is 25.1 Å². The number of hydrogen-bond donors (Lipinski definition) is 2. The zero-order valence-corrected chi connectivity index (χ0v) is 13.1. The lowest BCUT2D eigenvalue weighted by Gasteiger charge is -2.08. The molecule has 0 bridgehead atoms. The lowest BCUT2D eigenvalue weighted by atomic mass is 10.2. The molecule has 21 heavy (non-hydrogen) atoms. The van der Waals surface area contributed by atoms with E-state index in [1.165, 1.54) is 17.8 Å². The van der Waals surface area contributed by atoms with Crippen LogP contribution in [0, 0.1) is 6.92 Å². The second kappa shape index (κ2) is 7.38. The van der Waals surface area contributed by atoms with Crippen molar-refractivity contribution < 1.29 is 4.74 Å². The maximum absolute atomic E-state index is 11.2. The molecule has 0 saturated heterocycles. The van der Waals surface area contributed by atoms with Gasteiger partial charge < -0.3 is 15.5 Å². The number of aryl methyl sites for hydroxylation is 1. The highest BCUT2D eigenvalue weighted by atomic mass is 35.5. The maximum atomic E-state index is 11.2. The molecule has 0 spiro atoms.